The van der Waals surface area contributed by atoms with Gasteiger partial charge in [-0.05, 0) is 31.0 Å². The number of piperidine rings is 1. The molecule has 3 rings (SSSR count). The van der Waals surface area contributed by atoms with E-state index in [1.165, 1.54) is 0 Å². The Bertz CT molecular complexity index is 637. The highest BCUT2D eigenvalue weighted by Gasteiger charge is 2.31. The second-order valence-corrected chi connectivity index (χ2v) is 7.06. The van der Waals surface area contributed by atoms with Gasteiger partial charge in [0, 0.05) is 50.9 Å². The zero-order valence-corrected chi connectivity index (χ0v) is 14.5. The molecule has 2 aliphatic rings. The van der Waals surface area contributed by atoms with Gasteiger partial charge in [0.2, 0.25) is 11.8 Å². The Balaban J connectivity index is 1.61. The van der Waals surface area contributed by atoms with Crippen LogP contribution in [0.3, 0.4) is 0 Å². The lowest BCUT2D eigenvalue weighted by Crippen LogP contribution is -2.46. The van der Waals surface area contributed by atoms with Crippen molar-refractivity contribution < 1.29 is 9.59 Å². The van der Waals surface area contributed by atoms with Gasteiger partial charge >= 0.3 is 0 Å². The van der Waals surface area contributed by atoms with Crippen LogP contribution in [0.25, 0.3) is 0 Å². The molecule has 1 aromatic heterocycles. The first-order valence-electron chi connectivity index (χ1n) is 8.45. The minimum absolute atomic E-state index is 0.000296. The van der Waals surface area contributed by atoms with E-state index < -0.39 is 0 Å². The summed E-state index contributed by atoms with van der Waals surface area (Å²) in [4.78, 5) is 32.3. The molecule has 0 saturated carbocycles. The van der Waals surface area contributed by atoms with E-state index in [0.29, 0.717) is 37.6 Å². The summed E-state index contributed by atoms with van der Waals surface area (Å²) in [6.07, 6.45) is 4.67. The molecule has 1 fully saturated rings. The van der Waals surface area contributed by atoms with Crippen LogP contribution in [0, 0.1) is 5.92 Å². The summed E-state index contributed by atoms with van der Waals surface area (Å²) in [6, 6.07) is 1.91. The molecule has 1 saturated heterocycles. The Kier molecular flexibility index (Phi) is 5.36. The van der Waals surface area contributed by atoms with Crippen molar-refractivity contribution in [3.8, 4) is 0 Å². The van der Waals surface area contributed by atoms with Crippen molar-refractivity contribution in [1.82, 2.24) is 14.8 Å². The Morgan fingerprint density at radius 3 is 3.00 bits per heavy atom. The Hall–Kier alpha value is -1.66. The summed E-state index contributed by atoms with van der Waals surface area (Å²) in [6.45, 7) is 3.57. The monoisotopic (exact) mass is 350 g/mol. The number of carbonyl (C=O) groups is 2. The number of primary amides is 1. The molecule has 0 radical (unpaired) electrons. The molecule has 1 aromatic rings. The highest BCUT2D eigenvalue weighted by atomic mass is 35.5. The number of likely N-dealkylation sites (tertiary alicyclic amines) is 1. The summed E-state index contributed by atoms with van der Waals surface area (Å²) in [5.74, 6) is -0.0924. The number of halogens is 1. The third-order valence-electron chi connectivity index (χ3n) is 4.85. The van der Waals surface area contributed by atoms with Crippen molar-refractivity contribution in [2.75, 3.05) is 26.2 Å². The molecule has 6 nitrogen and oxygen atoms in total. The van der Waals surface area contributed by atoms with Crippen molar-refractivity contribution in [2.24, 2.45) is 11.7 Å². The number of nitrogens with zero attached hydrogens (tertiary/aromatic N) is 3. The van der Waals surface area contributed by atoms with Gasteiger partial charge in [-0.15, -0.1) is 0 Å². The lowest BCUT2D eigenvalue weighted by molar-refractivity contribution is -0.138. The lowest BCUT2D eigenvalue weighted by Gasteiger charge is -2.36. The molecular formula is C17H23ClN4O2. The van der Waals surface area contributed by atoms with Gasteiger partial charge in [0.05, 0.1) is 10.9 Å². The second kappa shape index (κ2) is 7.49. The zero-order chi connectivity index (χ0) is 17.1. The molecule has 130 valence electrons. The number of nitrogens with two attached hydrogens (primary N) is 1. The van der Waals surface area contributed by atoms with Crippen LogP contribution in [0.2, 0.25) is 5.02 Å². The zero-order valence-electron chi connectivity index (χ0n) is 13.7. The Morgan fingerprint density at radius 1 is 1.38 bits per heavy atom. The van der Waals surface area contributed by atoms with E-state index in [-0.39, 0.29) is 17.7 Å². The van der Waals surface area contributed by atoms with Crippen LogP contribution < -0.4 is 5.73 Å². The van der Waals surface area contributed by atoms with E-state index in [1.54, 1.807) is 6.20 Å². The number of hydrogen-bond donors (Lipinski definition) is 1. The first-order valence-corrected chi connectivity index (χ1v) is 8.83. The SMILES string of the molecule is NC(=O)CCN1CCCC(C(=O)N2CCc3ncc(Cl)cc3C2)C1. The first kappa shape index (κ1) is 17.2. The van der Waals surface area contributed by atoms with E-state index in [1.807, 2.05) is 11.0 Å². The van der Waals surface area contributed by atoms with Crippen LogP contribution in [0.5, 0.6) is 0 Å². The predicted octanol–water partition coefficient (Wildman–Crippen LogP) is 1.21. The molecular weight excluding hydrogens is 328 g/mol. The van der Waals surface area contributed by atoms with E-state index >= 15 is 0 Å². The molecule has 0 bridgehead atoms. The molecule has 2 aliphatic heterocycles. The number of fused-ring (bicyclic) bond motifs is 1. The standard InChI is InChI=1S/C17H23ClN4O2/c18-14-8-13-11-22(7-3-15(13)20-9-14)17(24)12-2-1-5-21(10-12)6-4-16(19)23/h8-9,12H,1-7,10-11H2,(H2,19,23). The summed E-state index contributed by atoms with van der Waals surface area (Å²) in [5.41, 5.74) is 7.30. The molecule has 1 unspecified atom stereocenters. The van der Waals surface area contributed by atoms with Crippen LogP contribution >= 0.6 is 11.6 Å². The first-order chi connectivity index (χ1) is 11.5. The molecule has 0 aromatic carbocycles. The minimum Gasteiger partial charge on any atom is -0.370 e. The van der Waals surface area contributed by atoms with Crippen LogP contribution in [0.4, 0.5) is 0 Å². The summed E-state index contributed by atoms with van der Waals surface area (Å²) in [7, 11) is 0. The molecule has 2 N–H and O–H groups in total. The average Bonchev–Trinajstić information content (AvgIpc) is 2.59. The topological polar surface area (TPSA) is 79.5 Å². The number of rotatable bonds is 4. The predicted molar refractivity (Wildman–Crippen MR) is 91.3 cm³/mol. The van der Waals surface area contributed by atoms with Gasteiger partial charge in [-0.1, -0.05) is 11.6 Å². The molecule has 7 heteroatoms. The molecule has 1 atom stereocenters. The van der Waals surface area contributed by atoms with Crippen molar-refractivity contribution in [1.29, 1.82) is 0 Å². The number of hydrogen-bond acceptors (Lipinski definition) is 4. The number of amides is 2. The summed E-state index contributed by atoms with van der Waals surface area (Å²) < 4.78 is 0. The molecule has 2 amide bonds. The van der Waals surface area contributed by atoms with E-state index in [9.17, 15) is 9.59 Å². The maximum absolute atomic E-state index is 12.9. The van der Waals surface area contributed by atoms with E-state index in [4.69, 9.17) is 17.3 Å². The summed E-state index contributed by atoms with van der Waals surface area (Å²) in [5, 5.41) is 0.610. The molecule has 24 heavy (non-hydrogen) atoms. The van der Waals surface area contributed by atoms with Crippen LogP contribution in [0.15, 0.2) is 12.3 Å². The van der Waals surface area contributed by atoms with Gasteiger partial charge in [0.25, 0.3) is 0 Å². The average molecular weight is 351 g/mol. The van der Waals surface area contributed by atoms with Gasteiger partial charge < -0.3 is 15.5 Å². The quantitative estimate of drug-likeness (QED) is 0.885. The molecule has 3 heterocycles. The van der Waals surface area contributed by atoms with Gasteiger partial charge in [-0.25, -0.2) is 0 Å². The number of pyridine rings is 1. The van der Waals surface area contributed by atoms with Crippen molar-refractivity contribution in [3.05, 3.63) is 28.5 Å². The van der Waals surface area contributed by atoms with E-state index in [0.717, 1.165) is 37.1 Å². The maximum Gasteiger partial charge on any atom is 0.227 e. The smallest absolute Gasteiger partial charge is 0.227 e. The minimum atomic E-state index is -0.291. The van der Waals surface area contributed by atoms with Crippen LogP contribution in [-0.4, -0.2) is 52.8 Å². The molecule has 0 spiro atoms. The molecule has 0 aliphatic carbocycles. The fraction of sp³-hybridized carbons (Fsp3) is 0.588. The highest BCUT2D eigenvalue weighted by molar-refractivity contribution is 6.30. The van der Waals surface area contributed by atoms with Crippen molar-refractivity contribution in [2.45, 2.75) is 32.2 Å². The number of aromatic nitrogens is 1. The highest BCUT2D eigenvalue weighted by Crippen LogP contribution is 2.24. The third kappa shape index (κ3) is 4.05. The number of carbonyl (C=O) groups excluding carboxylic acids is 2. The van der Waals surface area contributed by atoms with Crippen molar-refractivity contribution in [3.63, 3.8) is 0 Å². The maximum atomic E-state index is 12.9. The normalized spacial score (nSPS) is 21.4. The fourth-order valence-electron chi connectivity index (χ4n) is 3.57. The van der Waals surface area contributed by atoms with Gasteiger partial charge in [0.15, 0.2) is 0 Å². The largest absolute Gasteiger partial charge is 0.370 e. The van der Waals surface area contributed by atoms with Crippen LogP contribution in [-0.2, 0) is 22.6 Å². The van der Waals surface area contributed by atoms with Gasteiger partial charge in [-0.2, -0.15) is 0 Å². The van der Waals surface area contributed by atoms with Crippen molar-refractivity contribution >= 4 is 23.4 Å². The summed E-state index contributed by atoms with van der Waals surface area (Å²) >= 11 is 6.02. The fourth-order valence-corrected chi connectivity index (χ4v) is 3.75. The third-order valence-corrected chi connectivity index (χ3v) is 5.05. The second-order valence-electron chi connectivity index (χ2n) is 6.63. The Labute approximate surface area is 147 Å². The van der Waals surface area contributed by atoms with E-state index in [2.05, 4.69) is 9.88 Å². The van der Waals surface area contributed by atoms with Crippen LogP contribution in [0.1, 0.15) is 30.5 Å². The lowest BCUT2D eigenvalue weighted by atomic mass is 9.95. The van der Waals surface area contributed by atoms with Gasteiger partial charge in [0.1, 0.15) is 0 Å². The Morgan fingerprint density at radius 2 is 2.21 bits per heavy atom. The van der Waals surface area contributed by atoms with Gasteiger partial charge in [-0.3, -0.25) is 14.6 Å².